The Morgan fingerprint density at radius 2 is 1.64 bits per heavy atom. The minimum absolute atomic E-state index is 0.0425. The SMILES string of the molecule is FC(F)(F)c1ccc(N2CC(CN3CCC4(CCNCC4)CC3)C3(CC3)C2)c2nccnc12. The van der Waals surface area contributed by atoms with Crippen LogP contribution >= 0.6 is 0 Å². The maximum absolute atomic E-state index is 13.5. The summed E-state index contributed by atoms with van der Waals surface area (Å²) >= 11 is 0. The van der Waals surface area contributed by atoms with Gasteiger partial charge in [-0.05, 0) is 93.6 Å². The average Bonchev–Trinajstić information content (AvgIpc) is 3.50. The van der Waals surface area contributed by atoms with Crippen LogP contribution in [0.2, 0.25) is 0 Å². The van der Waals surface area contributed by atoms with Gasteiger partial charge in [-0.3, -0.25) is 9.97 Å². The summed E-state index contributed by atoms with van der Waals surface area (Å²) in [4.78, 5) is 13.3. The lowest BCUT2D eigenvalue weighted by Gasteiger charge is -2.45. The molecule has 3 saturated heterocycles. The van der Waals surface area contributed by atoms with Crippen molar-refractivity contribution in [2.24, 2.45) is 16.7 Å². The molecular weight excluding hydrogens is 427 g/mol. The fourth-order valence-corrected chi connectivity index (χ4v) is 6.70. The van der Waals surface area contributed by atoms with Gasteiger partial charge in [0.05, 0.1) is 11.3 Å². The molecule has 2 aromatic rings. The second-order valence-electron chi connectivity index (χ2n) is 10.9. The molecule has 5 nitrogen and oxygen atoms in total. The van der Waals surface area contributed by atoms with Crippen molar-refractivity contribution in [3.63, 3.8) is 0 Å². The van der Waals surface area contributed by atoms with E-state index >= 15 is 0 Å². The zero-order valence-electron chi connectivity index (χ0n) is 19.0. The number of likely N-dealkylation sites (tertiary alicyclic amines) is 1. The molecule has 1 aromatic heterocycles. The van der Waals surface area contributed by atoms with Gasteiger partial charge in [0.2, 0.25) is 0 Å². The molecule has 2 spiro atoms. The van der Waals surface area contributed by atoms with Gasteiger partial charge in [-0.15, -0.1) is 0 Å². The van der Waals surface area contributed by atoms with Crippen molar-refractivity contribution >= 4 is 16.7 Å². The molecule has 6 rings (SSSR count). The van der Waals surface area contributed by atoms with Crippen LogP contribution in [0.25, 0.3) is 11.0 Å². The van der Waals surface area contributed by atoms with E-state index in [9.17, 15) is 13.2 Å². The minimum atomic E-state index is -4.43. The fourth-order valence-electron chi connectivity index (χ4n) is 6.70. The van der Waals surface area contributed by atoms with Gasteiger partial charge < -0.3 is 15.1 Å². The van der Waals surface area contributed by atoms with Crippen LogP contribution in [0.15, 0.2) is 24.5 Å². The lowest BCUT2D eigenvalue weighted by molar-refractivity contribution is -0.136. The molecule has 178 valence electrons. The van der Waals surface area contributed by atoms with Gasteiger partial charge in [0.1, 0.15) is 11.0 Å². The Morgan fingerprint density at radius 3 is 2.30 bits per heavy atom. The third-order valence-corrected chi connectivity index (χ3v) is 9.01. The zero-order valence-corrected chi connectivity index (χ0v) is 19.0. The molecule has 1 atom stereocenters. The number of nitrogens with zero attached hydrogens (tertiary/aromatic N) is 4. The van der Waals surface area contributed by atoms with Crippen LogP contribution in [0, 0.1) is 16.7 Å². The maximum atomic E-state index is 13.5. The highest BCUT2D eigenvalue weighted by Gasteiger charge is 2.55. The highest BCUT2D eigenvalue weighted by Crippen LogP contribution is 2.57. The summed E-state index contributed by atoms with van der Waals surface area (Å²) < 4.78 is 40.6. The molecule has 1 saturated carbocycles. The van der Waals surface area contributed by atoms with Crippen molar-refractivity contribution < 1.29 is 13.2 Å². The Kier molecular flexibility index (Phi) is 5.11. The van der Waals surface area contributed by atoms with Gasteiger partial charge in [0.25, 0.3) is 0 Å². The monoisotopic (exact) mass is 459 g/mol. The van der Waals surface area contributed by atoms with Crippen LogP contribution in [-0.2, 0) is 6.18 Å². The van der Waals surface area contributed by atoms with Gasteiger partial charge >= 0.3 is 6.18 Å². The normalized spacial score (nSPS) is 27.0. The van der Waals surface area contributed by atoms with Crippen LogP contribution in [0.3, 0.4) is 0 Å². The van der Waals surface area contributed by atoms with Crippen molar-refractivity contribution in [3.05, 3.63) is 30.1 Å². The Balaban J connectivity index is 1.19. The van der Waals surface area contributed by atoms with E-state index in [-0.39, 0.29) is 5.52 Å². The molecule has 4 aliphatic rings. The van der Waals surface area contributed by atoms with Crippen molar-refractivity contribution in [1.82, 2.24) is 20.2 Å². The molecule has 0 amide bonds. The first-order valence-corrected chi connectivity index (χ1v) is 12.4. The number of fused-ring (bicyclic) bond motifs is 1. The molecule has 1 aromatic carbocycles. The van der Waals surface area contributed by atoms with Gasteiger partial charge in [0, 0.05) is 32.0 Å². The number of alkyl halides is 3. The number of nitrogens with one attached hydrogen (secondary N) is 1. The quantitative estimate of drug-likeness (QED) is 0.740. The molecule has 3 aliphatic heterocycles. The second kappa shape index (κ2) is 7.80. The molecule has 1 unspecified atom stereocenters. The topological polar surface area (TPSA) is 44.3 Å². The average molecular weight is 460 g/mol. The van der Waals surface area contributed by atoms with Crippen molar-refractivity contribution in [3.8, 4) is 0 Å². The first-order valence-electron chi connectivity index (χ1n) is 12.4. The third kappa shape index (κ3) is 3.89. The van der Waals surface area contributed by atoms with Gasteiger partial charge in [-0.1, -0.05) is 0 Å². The third-order valence-electron chi connectivity index (χ3n) is 9.01. The number of benzene rings is 1. The Hall–Kier alpha value is -1.93. The van der Waals surface area contributed by atoms with E-state index in [0.717, 1.165) is 38.4 Å². The van der Waals surface area contributed by atoms with Gasteiger partial charge in [-0.2, -0.15) is 13.2 Å². The molecule has 1 aliphatic carbocycles. The predicted octanol–water partition coefficient (Wildman–Crippen LogP) is 4.33. The highest BCUT2D eigenvalue weighted by molar-refractivity contribution is 5.91. The minimum Gasteiger partial charge on any atom is -0.369 e. The van der Waals surface area contributed by atoms with E-state index in [2.05, 4.69) is 25.1 Å². The number of hydrogen-bond acceptors (Lipinski definition) is 5. The number of halogens is 3. The van der Waals surface area contributed by atoms with Gasteiger partial charge in [-0.25, -0.2) is 0 Å². The maximum Gasteiger partial charge on any atom is 0.418 e. The number of aromatic nitrogens is 2. The van der Waals surface area contributed by atoms with Crippen LogP contribution < -0.4 is 10.2 Å². The molecule has 1 N–H and O–H groups in total. The van der Waals surface area contributed by atoms with Crippen LogP contribution in [0.4, 0.5) is 18.9 Å². The first-order chi connectivity index (χ1) is 15.9. The van der Waals surface area contributed by atoms with Crippen molar-refractivity contribution in [2.75, 3.05) is 50.7 Å². The lowest BCUT2D eigenvalue weighted by atomic mass is 9.71. The number of rotatable bonds is 3. The predicted molar refractivity (Wildman–Crippen MR) is 122 cm³/mol. The molecule has 33 heavy (non-hydrogen) atoms. The summed E-state index contributed by atoms with van der Waals surface area (Å²) in [5, 5.41) is 3.50. The van der Waals surface area contributed by atoms with E-state index in [0.29, 0.717) is 22.3 Å². The van der Waals surface area contributed by atoms with Crippen LogP contribution in [-0.4, -0.2) is 60.7 Å². The van der Waals surface area contributed by atoms with E-state index in [1.54, 1.807) is 6.07 Å². The Labute approximate surface area is 192 Å². The molecule has 8 heteroatoms. The van der Waals surface area contributed by atoms with Crippen molar-refractivity contribution in [1.29, 1.82) is 0 Å². The summed E-state index contributed by atoms with van der Waals surface area (Å²) in [6, 6.07) is 2.79. The number of piperidine rings is 2. The summed E-state index contributed by atoms with van der Waals surface area (Å²) in [6.07, 6.45) is 6.09. The summed E-state index contributed by atoms with van der Waals surface area (Å²) in [5.41, 5.74) is 1.30. The summed E-state index contributed by atoms with van der Waals surface area (Å²) in [7, 11) is 0. The number of hydrogen-bond donors (Lipinski definition) is 1. The van der Waals surface area contributed by atoms with Gasteiger partial charge in [0.15, 0.2) is 0 Å². The summed E-state index contributed by atoms with van der Waals surface area (Å²) in [6.45, 7) is 7.59. The Bertz CT molecular complexity index is 1020. The van der Waals surface area contributed by atoms with E-state index in [1.165, 1.54) is 70.1 Å². The Morgan fingerprint density at radius 1 is 0.939 bits per heavy atom. The first kappa shape index (κ1) is 21.6. The molecular formula is C25H32F3N5. The zero-order chi connectivity index (χ0) is 22.7. The molecule has 4 heterocycles. The molecule has 0 bridgehead atoms. The highest BCUT2D eigenvalue weighted by atomic mass is 19.4. The standard InChI is InChI=1S/C25H32F3N5/c26-25(27,28)19-1-2-20(22-21(19)30-11-12-31-22)33-16-18(24(17-33)3-4-24)15-32-13-7-23(8-14-32)5-9-29-10-6-23/h1-2,11-12,18,29H,3-10,13-17H2. The molecule has 0 radical (unpaired) electrons. The van der Waals surface area contributed by atoms with E-state index in [4.69, 9.17) is 0 Å². The summed E-state index contributed by atoms with van der Waals surface area (Å²) in [5.74, 6) is 0.564. The van der Waals surface area contributed by atoms with E-state index < -0.39 is 11.7 Å². The van der Waals surface area contributed by atoms with Crippen LogP contribution in [0.1, 0.15) is 44.1 Å². The largest absolute Gasteiger partial charge is 0.418 e. The number of anilines is 1. The van der Waals surface area contributed by atoms with Crippen LogP contribution in [0.5, 0.6) is 0 Å². The van der Waals surface area contributed by atoms with Crippen molar-refractivity contribution in [2.45, 2.75) is 44.7 Å². The van der Waals surface area contributed by atoms with E-state index in [1.807, 2.05) is 0 Å². The smallest absolute Gasteiger partial charge is 0.369 e. The lowest BCUT2D eigenvalue weighted by Crippen LogP contribution is -2.47. The molecule has 4 fully saturated rings. The fraction of sp³-hybridized carbons (Fsp3) is 0.680. The second-order valence-corrected chi connectivity index (χ2v) is 10.9.